The van der Waals surface area contributed by atoms with E-state index in [1.807, 2.05) is 36.4 Å². The summed E-state index contributed by atoms with van der Waals surface area (Å²) in [5.74, 6) is -1.41. The Morgan fingerprint density at radius 1 is 1.09 bits per heavy atom. The van der Waals surface area contributed by atoms with Crippen LogP contribution in [-0.2, 0) is 16.1 Å². The molecule has 6 heteroatoms. The summed E-state index contributed by atoms with van der Waals surface area (Å²) in [5.41, 5.74) is 1.42. The molecule has 5 nitrogen and oxygen atoms in total. The lowest BCUT2D eigenvalue weighted by atomic mass is 10.2. The molecule has 0 aromatic heterocycles. The molecule has 0 heterocycles. The second-order valence-corrected chi connectivity index (χ2v) is 5.82. The highest BCUT2D eigenvalue weighted by Gasteiger charge is 2.21. The highest BCUT2D eigenvalue weighted by atomic mass is 79.9. The Balaban J connectivity index is 2.06. The van der Waals surface area contributed by atoms with Crippen molar-refractivity contribution in [3.63, 3.8) is 0 Å². The maximum atomic E-state index is 12.3. The van der Waals surface area contributed by atoms with Crippen LogP contribution < -0.4 is 5.32 Å². The molecule has 0 saturated heterocycles. The highest BCUT2D eigenvalue weighted by molar-refractivity contribution is 9.10. The van der Waals surface area contributed by atoms with Crippen LogP contribution in [0.4, 0.5) is 5.69 Å². The van der Waals surface area contributed by atoms with Crippen molar-refractivity contribution in [2.75, 3.05) is 18.5 Å². The smallest absolute Gasteiger partial charge is 0.313 e. The van der Waals surface area contributed by atoms with Crippen molar-refractivity contribution in [1.82, 2.24) is 4.90 Å². The van der Waals surface area contributed by atoms with E-state index in [4.69, 9.17) is 5.11 Å². The molecule has 2 N–H and O–H groups in total. The van der Waals surface area contributed by atoms with Gasteiger partial charge >= 0.3 is 11.8 Å². The van der Waals surface area contributed by atoms with Crippen LogP contribution in [0.2, 0.25) is 0 Å². The molecule has 0 aliphatic rings. The fraction of sp³-hybridized carbons (Fsp3) is 0.176. The van der Waals surface area contributed by atoms with Crippen molar-refractivity contribution in [1.29, 1.82) is 0 Å². The van der Waals surface area contributed by atoms with Crippen LogP contribution in [0.5, 0.6) is 0 Å². The third kappa shape index (κ3) is 5.19. The highest BCUT2D eigenvalue weighted by Crippen LogP contribution is 2.15. The summed E-state index contributed by atoms with van der Waals surface area (Å²) in [7, 11) is 0. The first-order valence-electron chi connectivity index (χ1n) is 7.11. The second-order valence-electron chi connectivity index (χ2n) is 4.90. The fourth-order valence-electron chi connectivity index (χ4n) is 2.07. The van der Waals surface area contributed by atoms with Gasteiger partial charge in [-0.25, -0.2) is 0 Å². The SMILES string of the molecule is O=C(Nc1cccc(Br)c1)C(=O)N(CCO)Cc1ccccc1. The van der Waals surface area contributed by atoms with Crippen molar-refractivity contribution in [2.24, 2.45) is 0 Å². The van der Waals surface area contributed by atoms with E-state index in [-0.39, 0.29) is 19.7 Å². The number of nitrogens with zero attached hydrogens (tertiary/aromatic N) is 1. The summed E-state index contributed by atoms with van der Waals surface area (Å²) in [4.78, 5) is 25.8. The lowest BCUT2D eigenvalue weighted by Crippen LogP contribution is -2.40. The van der Waals surface area contributed by atoms with E-state index in [1.54, 1.807) is 18.2 Å². The predicted molar refractivity (Wildman–Crippen MR) is 91.7 cm³/mol. The van der Waals surface area contributed by atoms with Gasteiger partial charge in [-0.15, -0.1) is 0 Å². The molecule has 23 heavy (non-hydrogen) atoms. The first kappa shape index (κ1) is 17.2. The van der Waals surface area contributed by atoms with Crippen molar-refractivity contribution in [3.8, 4) is 0 Å². The van der Waals surface area contributed by atoms with Crippen LogP contribution in [0.3, 0.4) is 0 Å². The standard InChI is InChI=1S/C17H17BrN2O3/c18-14-7-4-8-15(11-14)19-16(22)17(23)20(9-10-21)12-13-5-2-1-3-6-13/h1-8,11,21H,9-10,12H2,(H,19,22). The summed E-state index contributed by atoms with van der Waals surface area (Å²) >= 11 is 3.31. The zero-order chi connectivity index (χ0) is 16.7. The molecular weight excluding hydrogens is 360 g/mol. The number of hydrogen-bond donors (Lipinski definition) is 2. The molecule has 0 saturated carbocycles. The number of carbonyl (C=O) groups excluding carboxylic acids is 2. The fourth-order valence-corrected chi connectivity index (χ4v) is 2.47. The van der Waals surface area contributed by atoms with E-state index in [0.29, 0.717) is 5.69 Å². The Hall–Kier alpha value is -2.18. The van der Waals surface area contributed by atoms with Crippen LogP contribution in [0.1, 0.15) is 5.56 Å². The normalized spacial score (nSPS) is 10.2. The zero-order valence-electron chi connectivity index (χ0n) is 12.4. The molecule has 2 rings (SSSR count). The van der Waals surface area contributed by atoms with Gasteiger partial charge in [-0.3, -0.25) is 9.59 Å². The lowest BCUT2D eigenvalue weighted by molar-refractivity contribution is -0.143. The van der Waals surface area contributed by atoms with E-state index < -0.39 is 11.8 Å². The minimum absolute atomic E-state index is 0.0969. The Morgan fingerprint density at radius 3 is 2.48 bits per heavy atom. The zero-order valence-corrected chi connectivity index (χ0v) is 14.0. The molecule has 120 valence electrons. The topological polar surface area (TPSA) is 69.6 Å². The summed E-state index contributed by atoms with van der Waals surface area (Å²) in [6.45, 7) is 0.161. The van der Waals surface area contributed by atoms with Gasteiger partial charge in [0.05, 0.1) is 6.61 Å². The summed E-state index contributed by atoms with van der Waals surface area (Å²) in [6.07, 6.45) is 0. The number of benzene rings is 2. The first-order chi connectivity index (χ1) is 11.1. The van der Waals surface area contributed by atoms with Gasteiger partial charge in [-0.1, -0.05) is 52.3 Å². The Kier molecular flexibility index (Phi) is 6.31. The molecule has 0 atom stereocenters. The molecule has 0 aliphatic carbocycles. The Morgan fingerprint density at radius 2 is 1.83 bits per heavy atom. The van der Waals surface area contributed by atoms with Crippen molar-refractivity contribution < 1.29 is 14.7 Å². The number of carbonyl (C=O) groups is 2. The number of rotatable bonds is 5. The second kappa shape index (κ2) is 8.45. The number of amides is 2. The molecular formula is C17H17BrN2O3. The van der Waals surface area contributed by atoms with Crippen LogP contribution in [0, 0.1) is 0 Å². The van der Waals surface area contributed by atoms with Crippen molar-refractivity contribution >= 4 is 33.4 Å². The summed E-state index contributed by atoms with van der Waals surface area (Å²) in [5, 5.41) is 11.7. The van der Waals surface area contributed by atoms with Crippen molar-refractivity contribution in [3.05, 3.63) is 64.6 Å². The van der Waals surface area contributed by atoms with E-state index in [9.17, 15) is 9.59 Å². The number of halogens is 1. The molecule has 0 bridgehead atoms. The number of nitrogens with one attached hydrogen (secondary N) is 1. The Labute approximate surface area is 143 Å². The molecule has 0 spiro atoms. The number of aliphatic hydroxyl groups is 1. The van der Waals surface area contributed by atoms with E-state index in [2.05, 4.69) is 21.2 Å². The van der Waals surface area contributed by atoms with E-state index in [1.165, 1.54) is 4.90 Å². The summed E-state index contributed by atoms with van der Waals surface area (Å²) < 4.78 is 0.805. The number of hydrogen-bond acceptors (Lipinski definition) is 3. The monoisotopic (exact) mass is 376 g/mol. The van der Waals surface area contributed by atoms with Gasteiger partial charge in [-0.05, 0) is 23.8 Å². The minimum atomic E-state index is -0.729. The maximum absolute atomic E-state index is 12.3. The predicted octanol–water partition coefficient (Wildman–Crippen LogP) is 2.41. The largest absolute Gasteiger partial charge is 0.395 e. The first-order valence-corrected chi connectivity index (χ1v) is 7.90. The summed E-state index contributed by atoms with van der Waals surface area (Å²) in [6, 6.07) is 16.3. The van der Waals surface area contributed by atoms with Crippen LogP contribution in [-0.4, -0.2) is 35.0 Å². The van der Waals surface area contributed by atoms with Crippen molar-refractivity contribution in [2.45, 2.75) is 6.54 Å². The van der Waals surface area contributed by atoms with Gasteiger partial charge in [0.15, 0.2) is 0 Å². The lowest BCUT2D eigenvalue weighted by Gasteiger charge is -2.21. The van der Waals surface area contributed by atoms with Crippen LogP contribution in [0.15, 0.2) is 59.1 Å². The molecule has 2 aromatic carbocycles. The average molecular weight is 377 g/mol. The minimum Gasteiger partial charge on any atom is -0.395 e. The third-order valence-electron chi connectivity index (χ3n) is 3.15. The quantitative estimate of drug-likeness (QED) is 0.787. The van der Waals surface area contributed by atoms with Gasteiger partial charge in [0.25, 0.3) is 0 Å². The van der Waals surface area contributed by atoms with Gasteiger partial charge in [0, 0.05) is 23.2 Å². The molecule has 0 aliphatic heterocycles. The van der Waals surface area contributed by atoms with Crippen LogP contribution >= 0.6 is 15.9 Å². The maximum Gasteiger partial charge on any atom is 0.313 e. The van der Waals surface area contributed by atoms with Crippen LogP contribution in [0.25, 0.3) is 0 Å². The van der Waals surface area contributed by atoms with Gasteiger partial charge in [0.1, 0.15) is 0 Å². The molecule has 2 aromatic rings. The Bertz CT molecular complexity index is 677. The average Bonchev–Trinajstić information content (AvgIpc) is 2.55. The third-order valence-corrected chi connectivity index (χ3v) is 3.64. The molecule has 0 fully saturated rings. The van der Waals surface area contributed by atoms with Gasteiger partial charge < -0.3 is 15.3 Å². The van der Waals surface area contributed by atoms with E-state index >= 15 is 0 Å². The van der Waals surface area contributed by atoms with Gasteiger partial charge in [0.2, 0.25) is 0 Å². The molecule has 0 radical (unpaired) electrons. The molecule has 2 amide bonds. The van der Waals surface area contributed by atoms with Gasteiger partial charge in [-0.2, -0.15) is 0 Å². The number of anilines is 1. The van der Waals surface area contributed by atoms with E-state index in [0.717, 1.165) is 10.0 Å². The molecule has 0 unspecified atom stereocenters. The number of aliphatic hydroxyl groups excluding tert-OH is 1.